The van der Waals surface area contributed by atoms with E-state index in [1.807, 2.05) is 49.5 Å². The molecule has 0 saturated carbocycles. The van der Waals surface area contributed by atoms with E-state index in [1.54, 1.807) is 23.9 Å². The van der Waals surface area contributed by atoms with Gasteiger partial charge in [0.15, 0.2) is 0 Å². The maximum Gasteiger partial charge on any atom is 0.240 e. The lowest BCUT2D eigenvalue weighted by atomic mass is 10.2. The lowest BCUT2D eigenvalue weighted by Crippen LogP contribution is -2.30. The van der Waals surface area contributed by atoms with Crippen molar-refractivity contribution in [1.82, 2.24) is 9.62 Å². The van der Waals surface area contributed by atoms with Gasteiger partial charge in [-0.15, -0.1) is 11.8 Å². The summed E-state index contributed by atoms with van der Waals surface area (Å²) >= 11 is 1.65. The summed E-state index contributed by atoms with van der Waals surface area (Å²) < 4.78 is 33.3. The molecule has 0 spiro atoms. The van der Waals surface area contributed by atoms with Crippen LogP contribution in [0.4, 0.5) is 0 Å². The van der Waals surface area contributed by atoms with Crippen molar-refractivity contribution in [2.24, 2.45) is 0 Å². The first-order valence-electron chi connectivity index (χ1n) is 8.48. The van der Waals surface area contributed by atoms with E-state index in [9.17, 15) is 13.5 Å². The standard InChI is InChI=1S/C19H26N2O4S2/c1-14(22)12-20-27(23,24)18-9-10-19(15(11-18)13-21(2)3)25-16-5-7-17(26-4)8-6-16/h5-11,14,20,22H,12-13H2,1-4H3/t14-/m1/s1. The lowest BCUT2D eigenvalue weighted by molar-refractivity contribution is 0.198. The van der Waals surface area contributed by atoms with Gasteiger partial charge in [0.05, 0.1) is 11.0 Å². The van der Waals surface area contributed by atoms with Gasteiger partial charge in [-0.2, -0.15) is 0 Å². The number of nitrogens with one attached hydrogen (secondary N) is 1. The topological polar surface area (TPSA) is 78.9 Å². The molecule has 0 heterocycles. The number of aliphatic hydroxyl groups excluding tert-OH is 1. The molecule has 0 aliphatic carbocycles. The minimum absolute atomic E-state index is 0.0363. The van der Waals surface area contributed by atoms with E-state index in [-0.39, 0.29) is 11.4 Å². The number of rotatable bonds is 9. The summed E-state index contributed by atoms with van der Waals surface area (Å²) in [4.78, 5) is 3.23. The van der Waals surface area contributed by atoms with Gasteiger partial charge < -0.3 is 14.7 Å². The minimum Gasteiger partial charge on any atom is -0.457 e. The maximum absolute atomic E-state index is 12.4. The third-order valence-electron chi connectivity index (χ3n) is 3.68. The van der Waals surface area contributed by atoms with Crippen LogP contribution in [-0.4, -0.2) is 51.4 Å². The predicted molar refractivity (Wildman–Crippen MR) is 109 cm³/mol. The average molecular weight is 411 g/mol. The van der Waals surface area contributed by atoms with Crippen LogP contribution in [-0.2, 0) is 16.6 Å². The molecule has 2 N–H and O–H groups in total. The monoisotopic (exact) mass is 410 g/mol. The third kappa shape index (κ3) is 6.51. The van der Waals surface area contributed by atoms with Crippen molar-refractivity contribution in [2.75, 3.05) is 26.9 Å². The smallest absolute Gasteiger partial charge is 0.240 e. The van der Waals surface area contributed by atoms with Gasteiger partial charge in [-0.1, -0.05) is 0 Å². The molecule has 0 aromatic heterocycles. The second-order valence-electron chi connectivity index (χ2n) is 6.49. The van der Waals surface area contributed by atoms with Crippen molar-refractivity contribution < 1.29 is 18.3 Å². The van der Waals surface area contributed by atoms with Crippen LogP contribution in [0, 0.1) is 0 Å². The number of nitrogens with zero attached hydrogens (tertiary/aromatic N) is 1. The summed E-state index contributed by atoms with van der Waals surface area (Å²) in [5.74, 6) is 1.30. The van der Waals surface area contributed by atoms with E-state index < -0.39 is 16.1 Å². The highest BCUT2D eigenvalue weighted by molar-refractivity contribution is 7.98. The maximum atomic E-state index is 12.4. The van der Waals surface area contributed by atoms with E-state index >= 15 is 0 Å². The molecule has 6 nitrogen and oxygen atoms in total. The van der Waals surface area contributed by atoms with E-state index in [4.69, 9.17) is 4.74 Å². The Labute approximate surface area is 165 Å². The van der Waals surface area contributed by atoms with Crippen LogP contribution in [0.3, 0.4) is 0 Å². The molecule has 8 heteroatoms. The van der Waals surface area contributed by atoms with E-state index in [2.05, 4.69) is 4.72 Å². The fourth-order valence-corrected chi connectivity index (χ4v) is 3.95. The number of thioether (sulfide) groups is 1. The molecular weight excluding hydrogens is 384 g/mol. The first-order valence-corrected chi connectivity index (χ1v) is 11.2. The van der Waals surface area contributed by atoms with Crippen molar-refractivity contribution in [3.05, 3.63) is 48.0 Å². The van der Waals surface area contributed by atoms with Crippen LogP contribution >= 0.6 is 11.8 Å². The first-order chi connectivity index (χ1) is 12.7. The fourth-order valence-electron chi connectivity index (χ4n) is 2.37. The Bertz CT molecular complexity index is 851. The molecule has 0 amide bonds. The van der Waals surface area contributed by atoms with Crippen molar-refractivity contribution in [3.63, 3.8) is 0 Å². The minimum atomic E-state index is -3.70. The van der Waals surface area contributed by atoms with Crippen LogP contribution in [0.25, 0.3) is 0 Å². The summed E-state index contributed by atoms with van der Waals surface area (Å²) in [6.07, 6.45) is 1.25. The lowest BCUT2D eigenvalue weighted by Gasteiger charge is -2.17. The first kappa shape index (κ1) is 21.7. The average Bonchev–Trinajstić information content (AvgIpc) is 2.61. The zero-order chi connectivity index (χ0) is 20.0. The van der Waals surface area contributed by atoms with Crippen LogP contribution < -0.4 is 9.46 Å². The number of ether oxygens (including phenoxy) is 1. The van der Waals surface area contributed by atoms with Gasteiger partial charge in [0.2, 0.25) is 10.0 Å². The van der Waals surface area contributed by atoms with Crippen LogP contribution in [0.2, 0.25) is 0 Å². The van der Waals surface area contributed by atoms with Gasteiger partial charge in [-0.25, -0.2) is 13.1 Å². The highest BCUT2D eigenvalue weighted by atomic mass is 32.2. The SMILES string of the molecule is CSc1ccc(Oc2ccc(S(=O)(=O)NC[C@@H](C)O)cc2CN(C)C)cc1. The Kier molecular flexibility index (Phi) is 7.69. The molecule has 0 bridgehead atoms. The Morgan fingerprint density at radius 3 is 2.41 bits per heavy atom. The van der Waals surface area contributed by atoms with Gasteiger partial charge in [0.1, 0.15) is 11.5 Å². The summed E-state index contributed by atoms with van der Waals surface area (Å²) in [6.45, 7) is 2.02. The number of hydrogen-bond acceptors (Lipinski definition) is 6. The number of sulfonamides is 1. The van der Waals surface area contributed by atoms with Crippen LogP contribution in [0.15, 0.2) is 52.3 Å². The molecular formula is C19H26N2O4S2. The Morgan fingerprint density at radius 1 is 1.19 bits per heavy atom. The quantitative estimate of drug-likeness (QED) is 0.619. The summed E-state index contributed by atoms with van der Waals surface area (Å²) in [6, 6.07) is 12.5. The van der Waals surface area contributed by atoms with E-state index in [1.165, 1.54) is 13.0 Å². The zero-order valence-corrected chi connectivity index (χ0v) is 17.6. The fraction of sp³-hybridized carbons (Fsp3) is 0.368. The van der Waals surface area contributed by atoms with Gasteiger partial charge in [-0.05, 0) is 69.7 Å². The highest BCUT2D eigenvalue weighted by Gasteiger charge is 2.18. The van der Waals surface area contributed by atoms with Crippen molar-refractivity contribution in [1.29, 1.82) is 0 Å². The van der Waals surface area contributed by atoms with Gasteiger partial charge in [0.25, 0.3) is 0 Å². The third-order valence-corrected chi connectivity index (χ3v) is 5.85. The van der Waals surface area contributed by atoms with Crippen LogP contribution in [0.5, 0.6) is 11.5 Å². The molecule has 0 saturated heterocycles. The molecule has 0 unspecified atom stereocenters. The second kappa shape index (κ2) is 9.57. The molecule has 0 aliphatic rings. The second-order valence-corrected chi connectivity index (χ2v) is 9.13. The molecule has 148 valence electrons. The molecule has 0 radical (unpaired) electrons. The van der Waals surface area contributed by atoms with E-state index in [0.29, 0.717) is 18.0 Å². The van der Waals surface area contributed by atoms with Gasteiger partial charge in [0, 0.05) is 23.5 Å². The van der Waals surface area contributed by atoms with Gasteiger partial charge >= 0.3 is 0 Å². The molecule has 27 heavy (non-hydrogen) atoms. The Balaban J connectivity index is 2.31. The number of aliphatic hydroxyl groups is 1. The predicted octanol–water partition coefficient (Wildman–Crippen LogP) is 2.92. The Hall–Kier alpha value is -1.58. The summed E-state index contributed by atoms with van der Waals surface area (Å²) in [5, 5.41) is 9.33. The van der Waals surface area contributed by atoms with Gasteiger partial charge in [-0.3, -0.25) is 0 Å². The number of benzene rings is 2. The summed E-state index contributed by atoms with van der Waals surface area (Å²) in [5.41, 5.74) is 0.758. The molecule has 2 rings (SSSR count). The normalized spacial score (nSPS) is 13.0. The molecule has 2 aromatic carbocycles. The molecule has 1 atom stereocenters. The number of hydrogen-bond donors (Lipinski definition) is 2. The highest BCUT2D eigenvalue weighted by Crippen LogP contribution is 2.29. The largest absolute Gasteiger partial charge is 0.457 e. The van der Waals surface area contributed by atoms with Crippen molar-refractivity contribution in [2.45, 2.75) is 29.4 Å². The molecule has 2 aromatic rings. The van der Waals surface area contributed by atoms with E-state index in [0.717, 1.165) is 10.5 Å². The molecule has 0 aliphatic heterocycles. The van der Waals surface area contributed by atoms with Crippen molar-refractivity contribution >= 4 is 21.8 Å². The van der Waals surface area contributed by atoms with Crippen molar-refractivity contribution in [3.8, 4) is 11.5 Å². The summed E-state index contributed by atoms with van der Waals surface area (Å²) in [7, 11) is 0.114. The van der Waals surface area contributed by atoms with Crippen LogP contribution in [0.1, 0.15) is 12.5 Å². The molecule has 0 fully saturated rings. The Morgan fingerprint density at radius 2 is 1.85 bits per heavy atom. The zero-order valence-electron chi connectivity index (χ0n) is 16.0.